The Hall–Kier alpha value is -1.69. The fourth-order valence-corrected chi connectivity index (χ4v) is 2.68. The summed E-state index contributed by atoms with van der Waals surface area (Å²) in [6, 6.07) is 4.13. The minimum absolute atomic E-state index is 0.198. The van der Waals surface area contributed by atoms with Crippen LogP contribution in [0.4, 0.5) is 15.8 Å². The predicted molar refractivity (Wildman–Crippen MR) is 71.9 cm³/mol. The Bertz CT molecular complexity index is 493. The molecule has 0 spiro atoms. The van der Waals surface area contributed by atoms with E-state index < -0.39 is 10.7 Å². The van der Waals surface area contributed by atoms with Crippen LogP contribution in [0, 0.1) is 21.8 Å². The van der Waals surface area contributed by atoms with Crippen molar-refractivity contribution in [2.75, 3.05) is 32.1 Å². The van der Waals surface area contributed by atoms with Crippen LogP contribution in [-0.2, 0) is 0 Å². The van der Waals surface area contributed by atoms with Gasteiger partial charge < -0.3 is 9.80 Å². The van der Waals surface area contributed by atoms with Crippen LogP contribution >= 0.6 is 0 Å². The molecule has 1 aromatic carbocycles. The van der Waals surface area contributed by atoms with Gasteiger partial charge in [-0.1, -0.05) is 6.92 Å². The van der Waals surface area contributed by atoms with Crippen molar-refractivity contribution in [3.05, 3.63) is 34.1 Å². The fraction of sp³-hybridized carbons (Fsp3) is 0.538. The van der Waals surface area contributed by atoms with E-state index in [0.29, 0.717) is 17.6 Å². The van der Waals surface area contributed by atoms with Crippen LogP contribution in [0.15, 0.2) is 18.2 Å². The normalized spacial score (nSPS) is 23.1. The Morgan fingerprint density at radius 1 is 1.37 bits per heavy atom. The summed E-state index contributed by atoms with van der Waals surface area (Å²) in [7, 11) is 4.03. The first-order chi connectivity index (χ1) is 8.88. The van der Waals surface area contributed by atoms with Crippen LogP contribution in [0.3, 0.4) is 0 Å². The SMILES string of the molecule is CC1CN(c2cc(F)cc([N+](=O)[O-])c2)CC1N(C)C. The minimum Gasteiger partial charge on any atom is -0.369 e. The number of hydrogen-bond donors (Lipinski definition) is 0. The van der Waals surface area contributed by atoms with E-state index in [-0.39, 0.29) is 5.69 Å². The van der Waals surface area contributed by atoms with Crippen molar-refractivity contribution in [1.82, 2.24) is 4.90 Å². The third kappa shape index (κ3) is 2.84. The topological polar surface area (TPSA) is 49.6 Å². The zero-order valence-corrected chi connectivity index (χ0v) is 11.3. The molecule has 2 unspecified atom stereocenters. The quantitative estimate of drug-likeness (QED) is 0.622. The number of rotatable bonds is 3. The molecule has 2 atom stereocenters. The van der Waals surface area contributed by atoms with Crippen molar-refractivity contribution in [2.45, 2.75) is 13.0 Å². The number of hydrogen-bond acceptors (Lipinski definition) is 4. The molecule has 1 heterocycles. The zero-order valence-electron chi connectivity index (χ0n) is 11.3. The van der Waals surface area contributed by atoms with Crippen LogP contribution in [-0.4, -0.2) is 43.0 Å². The van der Waals surface area contributed by atoms with Crippen LogP contribution in [0.5, 0.6) is 0 Å². The Morgan fingerprint density at radius 3 is 2.58 bits per heavy atom. The molecule has 1 aliphatic heterocycles. The predicted octanol–water partition coefficient (Wildman–Crippen LogP) is 2.12. The molecule has 0 radical (unpaired) electrons. The second-order valence-corrected chi connectivity index (χ2v) is 5.34. The van der Waals surface area contributed by atoms with Crippen molar-refractivity contribution in [3.63, 3.8) is 0 Å². The lowest BCUT2D eigenvalue weighted by molar-refractivity contribution is -0.385. The molecule has 0 aliphatic carbocycles. The van der Waals surface area contributed by atoms with Crippen molar-refractivity contribution >= 4 is 11.4 Å². The largest absolute Gasteiger partial charge is 0.369 e. The van der Waals surface area contributed by atoms with Gasteiger partial charge in [0.2, 0.25) is 0 Å². The van der Waals surface area contributed by atoms with E-state index in [4.69, 9.17) is 0 Å². The van der Waals surface area contributed by atoms with E-state index in [2.05, 4.69) is 11.8 Å². The summed E-state index contributed by atoms with van der Waals surface area (Å²) in [5.41, 5.74) is 0.388. The number of nitro groups is 1. The number of halogens is 1. The lowest BCUT2D eigenvalue weighted by atomic mass is 10.1. The molecule has 1 fully saturated rings. The molecule has 1 aromatic rings. The maximum absolute atomic E-state index is 13.5. The van der Waals surface area contributed by atoms with E-state index in [9.17, 15) is 14.5 Å². The van der Waals surface area contributed by atoms with Gasteiger partial charge >= 0.3 is 0 Å². The first-order valence-electron chi connectivity index (χ1n) is 6.25. The summed E-state index contributed by atoms with van der Waals surface area (Å²) in [5.74, 6) is -0.123. The average molecular weight is 267 g/mol. The van der Waals surface area contributed by atoms with E-state index in [1.807, 2.05) is 19.0 Å². The smallest absolute Gasteiger partial charge is 0.274 e. The van der Waals surface area contributed by atoms with Gasteiger partial charge in [-0.2, -0.15) is 0 Å². The van der Waals surface area contributed by atoms with E-state index in [0.717, 1.165) is 19.2 Å². The van der Waals surface area contributed by atoms with Crippen molar-refractivity contribution in [3.8, 4) is 0 Å². The number of non-ortho nitro benzene ring substituents is 1. The molecule has 0 saturated carbocycles. The zero-order chi connectivity index (χ0) is 14.2. The second-order valence-electron chi connectivity index (χ2n) is 5.34. The highest BCUT2D eigenvalue weighted by atomic mass is 19.1. The number of nitrogens with zero attached hydrogens (tertiary/aromatic N) is 3. The summed E-state index contributed by atoms with van der Waals surface area (Å²) in [6.45, 7) is 3.68. The monoisotopic (exact) mass is 267 g/mol. The molecule has 0 N–H and O–H groups in total. The fourth-order valence-electron chi connectivity index (χ4n) is 2.68. The number of nitro benzene ring substituents is 1. The molecule has 5 nitrogen and oxygen atoms in total. The molecule has 104 valence electrons. The van der Waals surface area contributed by atoms with E-state index in [1.54, 1.807) is 0 Å². The summed E-state index contributed by atoms with van der Waals surface area (Å²) in [4.78, 5) is 14.4. The second kappa shape index (κ2) is 5.13. The molecule has 0 amide bonds. The molecule has 19 heavy (non-hydrogen) atoms. The maximum atomic E-state index is 13.5. The average Bonchev–Trinajstić information content (AvgIpc) is 2.70. The molecular formula is C13H18FN3O2. The summed E-state index contributed by atoms with van der Waals surface area (Å²) in [6.07, 6.45) is 0. The minimum atomic E-state index is -0.565. The Kier molecular flexibility index (Phi) is 3.71. The highest BCUT2D eigenvalue weighted by Crippen LogP contribution is 2.29. The van der Waals surface area contributed by atoms with E-state index >= 15 is 0 Å². The van der Waals surface area contributed by atoms with Gasteiger partial charge in [0.15, 0.2) is 0 Å². The molecule has 6 heteroatoms. The van der Waals surface area contributed by atoms with Gasteiger partial charge in [0.1, 0.15) is 5.82 Å². The molecular weight excluding hydrogens is 249 g/mol. The number of benzene rings is 1. The Labute approximate surface area is 111 Å². The van der Waals surface area contributed by atoms with Gasteiger partial charge in [-0.05, 0) is 26.1 Å². The third-order valence-corrected chi connectivity index (χ3v) is 3.68. The van der Waals surface area contributed by atoms with Crippen LogP contribution in [0.2, 0.25) is 0 Å². The van der Waals surface area contributed by atoms with Crippen LogP contribution < -0.4 is 4.90 Å². The summed E-state index contributed by atoms with van der Waals surface area (Å²) in [5, 5.41) is 10.8. The summed E-state index contributed by atoms with van der Waals surface area (Å²) < 4.78 is 13.5. The highest BCUT2D eigenvalue weighted by molar-refractivity contribution is 5.54. The lowest BCUT2D eigenvalue weighted by Crippen LogP contribution is -2.34. The first-order valence-corrected chi connectivity index (χ1v) is 6.25. The van der Waals surface area contributed by atoms with Gasteiger partial charge in [0.05, 0.1) is 11.0 Å². The standard InChI is InChI=1S/C13H18FN3O2/c1-9-7-16(8-13(9)15(2)3)11-4-10(14)5-12(6-11)17(18)19/h4-6,9,13H,7-8H2,1-3H3. The van der Waals surface area contributed by atoms with E-state index in [1.165, 1.54) is 12.1 Å². The number of anilines is 1. The molecule has 0 aromatic heterocycles. The highest BCUT2D eigenvalue weighted by Gasteiger charge is 2.31. The van der Waals surface area contributed by atoms with Crippen molar-refractivity contribution in [2.24, 2.45) is 5.92 Å². The molecule has 0 bridgehead atoms. The van der Waals surface area contributed by atoms with Gasteiger partial charge in [0, 0.05) is 30.9 Å². The number of likely N-dealkylation sites (N-methyl/N-ethyl adjacent to an activating group) is 1. The Morgan fingerprint density at radius 2 is 2.05 bits per heavy atom. The summed E-state index contributed by atoms with van der Waals surface area (Å²) >= 11 is 0. The Balaban J connectivity index is 2.26. The molecule has 2 rings (SSSR count). The molecule has 1 saturated heterocycles. The van der Waals surface area contributed by atoms with Gasteiger partial charge in [-0.25, -0.2) is 4.39 Å². The van der Waals surface area contributed by atoms with Crippen LogP contribution in [0.1, 0.15) is 6.92 Å². The van der Waals surface area contributed by atoms with Gasteiger partial charge in [0.25, 0.3) is 5.69 Å². The van der Waals surface area contributed by atoms with Gasteiger partial charge in [-0.15, -0.1) is 0 Å². The van der Waals surface area contributed by atoms with Crippen molar-refractivity contribution < 1.29 is 9.31 Å². The third-order valence-electron chi connectivity index (χ3n) is 3.68. The van der Waals surface area contributed by atoms with Crippen LogP contribution in [0.25, 0.3) is 0 Å². The van der Waals surface area contributed by atoms with Crippen molar-refractivity contribution in [1.29, 1.82) is 0 Å². The molecule has 1 aliphatic rings. The van der Waals surface area contributed by atoms with Gasteiger partial charge in [-0.3, -0.25) is 10.1 Å². The lowest BCUT2D eigenvalue weighted by Gasteiger charge is -2.23. The maximum Gasteiger partial charge on any atom is 0.274 e. The first kappa shape index (κ1) is 13.7.